The van der Waals surface area contributed by atoms with Crippen LogP contribution in [0.5, 0.6) is 23.0 Å². The molecule has 0 unspecified atom stereocenters. The topological polar surface area (TPSA) is 78.4 Å². The van der Waals surface area contributed by atoms with E-state index in [1.807, 2.05) is 48.5 Å². The Morgan fingerprint density at radius 3 is 2.65 bits per heavy atom. The molecule has 3 aromatic rings. The van der Waals surface area contributed by atoms with Gasteiger partial charge in [-0.2, -0.15) is 5.10 Å². The average molecular weight is 418 g/mol. The maximum Gasteiger partial charge on any atom is 0.284 e. The SMILES string of the molecule is COc1cc(/C=N\NC(=O)[C@@H]2COc3ccccc3O2)ccc1OCc1ccccc1. The number of benzene rings is 3. The van der Waals surface area contributed by atoms with E-state index in [-0.39, 0.29) is 12.5 Å². The van der Waals surface area contributed by atoms with Crippen molar-refractivity contribution in [3.05, 3.63) is 83.9 Å². The van der Waals surface area contributed by atoms with Gasteiger partial charge in [0, 0.05) is 0 Å². The highest BCUT2D eigenvalue weighted by Gasteiger charge is 2.26. The van der Waals surface area contributed by atoms with E-state index in [1.165, 1.54) is 6.21 Å². The molecule has 1 atom stereocenters. The molecular weight excluding hydrogens is 396 g/mol. The molecule has 1 aliphatic rings. The highest BCUT2D eigenvalue weighted by atomic mass is 16.6. The zero-order chi connectivity index (χ0) is 21.5. The van der Waals surface area contributed by atoms with Gasteiger partial charge in [0.25, 0.3) is 5.91 Å². The number of carbonyl (C=O) groups is 1. The van der Waals surface area contributed by atoms with E-state index in [0.717, 1.165) is 11.1 Å². The van der Waals surface area contributed by atoms with Gasteiger partial charge in [-0.25, -0.2) is 5.43 Å². The summed E-state index contributed by atoms with van der Waals surface area (Å²) < 4.78 is 22.5. The van der Waals surface area contributed by atoms with Crippen molar-refractivity contribution in [2.75, 3.05) is 13.7 Å². The molecule has 0 radical (unpaired) electrons. The lowest BCUT2D eigenvalue weighted by Gasteiger charge is -2.24. The first kappa shape index (κ1) is 20.3. The Bertz CT molecular complexity index is 1070. The van der Waals surface area contributed by atoms with Crippen molar-refractivity contribution in [1.82, 2.24) is 5.43 Å². The minimum Gasteiger partial charge on any atom is -0.493 e. The number of methoxy groups -OCH3 is 1. The lowest BCUT2D eigenvalue weighted by Crippen LogP contribution is -2.42. The van der Waals surface area contributed by atoms with Crippen molar-refractivity contribution in [2.24, 2.45) is 5.10 Å². The summed E-state index contributed by atoms with van der Waals surface area (Å²) in [5.41, 5.74) is 4.29. The summed E-state index contributed by atoms with van der Waals surface area (Å²) in [6.45, 7) is 0.562. The molecular formula is C24H22N2O5. The van der Waals surface area contributed by atoms with Crippen LogP contribution in [0.3, 0.4) is 0 Å². The molecule has 0 aliphatic carbocycles. The Labute approximate surface area is 180 Å². The van der Waals surface area contributed by atoms with Gasteiger partial charge in [-0.1, -0.05) is 42.5 Å². The summed E-state index contributed by atoms with van der Waals surface area (Å²) in [6.07, 6.45) is 0.759. The van der Waals surface area contributed by atoms with Crippen molar-refractivity contribution in [2.45, 2.75) is 12.7 Å². The first-order valence-electron chi connectivity index (χ1n) is 9.79. The quantitative estimate of drug-likeness (QED) is 0.469. The molecule has 7 heteroatoms. The van der Waals surface area contributed by atoms with Crippen LogP contribution in [0, 0.1) is 0 Å². The van der Waals surface area contributed by atoms with Crippen LogP contribution in [-0.4, -0.2) is 31.9 Å². The Morgan fingerprint density at radius 2 is 1.84 bits per heavy atom. The lowest BCUT2D eigenvalue weighted by molar-refractivity contribution is -0.130. The molecule has 7 nitrogen and oxygen atoms in total. The summed E-state index contributed by atoms with van der Waals surface area (Å²) >= 11 is 0. The molecule has 158 valence electrons. The summed E-state index contributed by atoms with van der Waals surface area (Å²) in [7, 11) is 1.58. The Kier molecular flexibility index (Phi) is 6.32. The van der Waals surface area contributed by atoms with Gasteiger partial charge in [-0.3, -0.25) is 4.79 Å². The molecule has 31 heavy (non-hydrogen) atoms. The van der Waals surface area contributed by atoms with E-state index in [9.17, 15) is 4.79 Å². The second-order valence-corrected chi connectivity index (χ2v) is 6.78. The van der Waals surface area contributed by atoms with E-state index < -0.39 is 6.10 Å². The maximum absolute atomic E-state index is 12.3. The van der Waals surface area contributed by atoms with Crippen LogP contribution in [0.1, 0.15) is 11.1 Å². The van der Waals surface area contributed by atoms with Crippen molar-refractivity contribution in [1.29, 1.82) is 0 Å². The Balaban J connectivity index is 1.34. The highest BCUT2D eigenvalue weighted by Crippen LogP contribution is 2.31. The number of para-hydroxylation sites is 2. The van der Waals surface area contributed by atoms with Gasteiger partial charge in [-0.05, 0) is 41.5 Å². The van der Waals surface area contributed by atoms with E-state index in [2.05, 4.69) is 10.5 Å². The second-order valence-electron chi connectivity index (χ2n) is 6.78. The zero-order valence-corrected chi connectivity index (χ0v) is 17.0. The predicted molar refractivity (Wildman–Crippen MR) is 116 cm³/mol. The molecule has 1 heterocycles. The van der Waals surface area contributed by atoms with E-state index in [1.54, 1.807) is 31.4 Å². The highest BCUT2D eigenvalue weighted by molar-refractivity contribution is 5.85. The first-order chi connectivity index (χ1) is 15.2. The van der Waals surface area contributed by atoms with Gasteiger partial charge in [0.2, 0.25) is 6.10 Å². The van der Waals surface area contributed by atoms with Gasteiger partial charge in [-0.15, -0.1) is 0 Å². The summed E-state index contributed by atoms with van der Waals surface area (Å²) in [5.74, 6) is 1.97. The van der Waals surface area contributed by atoms with Gasteiger partial charge >= 0.3 is 0 Å². The molecule has 0 fully saturated rings. The van der Waals surface area contributed by atoms with Crippen LogP contribution < -0.4 is 24.4 Å². The second kappa shape index (κ2) is 9.67. The fourth-order valence-electron chi connectivity index (χ4n) is 3.01. The predicted octanol–water partition coefficient (Wildman–Crippen LogP) is 3.56. The van der Waals surface area contributed by atoms with Crippen LogP contribution >= 0.6 is 0 Å². The molecule has 1 aliphatic heterocycles. The van der Waals surface area contributed by atoms with E-state index in [0.29, 0.717) is 29.6 Å². The normalized spacial score (nSPS) is 14.8. The Morgan fingerprint density at radius 1 is 1.06 bits per heavy atom. The number of rotatable bonds is 7. The van der Waals surface area contributed by atoms with Gasteiger partial charge in [0.15, 0.2) is 23.0 Å². The smallest absolute Gasteiger partial charge is 0.284 e. The van der Waals surface area contributed by atoms with E-state index in [4.69, 9.17) is 18.9 Å². The number of ether oxygens (including phenoxy) is 4. The zero-order valence-electron chi connectivity index (χ0n) is 17.0. The molecule has 0 saturated carbocycles. The molecule has 0 aromatic heterocycles. The van der Waals surface area contributed by atoms with Crippen molar-refractivity contribution < 1.29 is 23.7 Å². The molecule has 0 spiro atoms. The number of nitrogens with one attached hydrogen (secondary N) is 1. The number of carbonyl (C=O) groups excluding carboxylic acids is 1. The maximum atomic E-state index is 12.3. The molecule has 3 aromatic carbocycles. The fraction of sp³-hybridized carbons (Fsp3) is 0.167. The van der Waals surface area contributed by atoms with Crippen molar-refractivity contribution >= 4 is 12.1 Å². The monoisotopic (exact) mass is 418 g/mol. The minimum atomic E-state index is -0.768. The largest absolute Gasteiger partial charge is 0.493 e. The van der Waals surface area contributed by atoms with Gasteiger partial charge < -0.3 is 18.9 Å². The molecule has 4 rings (SSSR count). The van der Waals surface area contributed by atoms with Gasteiger partial charge in [0.05, 0.1) is 13.3 Å². The summed E-state index contributed by atoms with van der Waals surface area (Å²) in [4.78, 5) is 12.3. The molecule has 0 saturated heterocycles. The standard InChI is InChI=1S/C24H22N2O5/c1-28-22-13-18(11-12-20(22)29-15-17-7-3-2-4-8-17)14-25-26-24(27)23-16-30-19-9-5-6-10-21(19)31-23/h2-14,23H,15-16H2,1H3,(H,26,27)/b25-14-/t23-/m0/s1. The fourth-order valence-corrected chi connectivity index (χ4v) is 3.01. The third-order valence-corrected chi connectivity index (χ3v) is 4.61. The van der Waals surface area contributed by atoms with Crippen molar-refractivity contribution in [3.63, 3.8) is 0 Å². The van der Waals surface area contributed by atoms with Crippen LogP contribution in [0.15, 0.2) is 77.9 Å². The Hall–Kier alpha value is -4.00. The van der Waals surface area contributed by atoms with Crippen LogP contribution in [-0.2, 0) is 11.4 Å². The number of hydrogen-bond donors (Lipinski definition) is 1. The number of nitrogens with zero attached hydrogens (tertiary/aromatic N) is 1. The van der Waals surface area contributed by atoms with E-state index >= 15 is 0 Å². The number of hydrogen-bond acceptors (Lipinski definition) is 6. The third kappa shape index (κ3) is 5.14. The minimum absolute atomic E-state index is 0.125. The van der Waals surface area contributed by atoms with Crippen LogP contribution in [0.25, 0.3) is 0 Å². The molecule has 1 amide bonds. The number of hydrazone groups is 1. The van der Waals surface area contributed by atoms with Gasteiger partial charge in [0.1, 0.15) is 13.2 Å². The van der Waals surface area contributed by atoms with Crippen molar-refractivity contribution in [3.8, 4) is 23.0 Å². The summed E-state index contributed by atoms with van der Waals surface area (Å²) in [5, 5.41) is 4.01. The lowest BCUT2D eigenvalue weighted by atomic mass is 10.2. The molecule has 0 bridgehead atoms. The average Bonchev–Trinajstić information content (AvgIpc) is 2.83. The third-order valence-electron chi connectivity index (χ3n) is 4.61. The first-order valence-corrected chi connectivity index (χ1v) is 9.79. The number of fused-ring (bicyclic) bond motifs is 1. The summed E-state index contributed by atoms with van der Waals surface area (Å²) in [6, 6.07) is 22.5. The number of amides is 1. The molecule has 1 N–H and O–H groups in total. The van der Waals surface area contributed by atoms with Crippen LogP contribution in [0.4, 0.5) is 0 Å². The van der Waals surface area contributed by atoms with Crippen LogP contribution in [0.2, 0.25) is 0 Å².